The second-order valence-corrected chi connectivity index (χ2v) is 3.61. The third-order valence-corrected chi connectivity index (χ3v) is 2.34. The molecule has 0 amide bonds. The van der Waals surface area contributed by atoms with E-state index in [-0.39, 0.29) is 11.3 Å². The second-order valence-electron chi connectivity index (χ2n) is 3.41. The molecule has 0 aliphatic carbocycles. The van der Waals surface area contributed by atoms with Gasteiger partial charge in [0.1, 0.15) is 5.82 Å². The molecule has 0 saturated heterocycles. The average Bonchev–Trinajstić information content (AvgIpc) is 2.41. The van der Waals surface area contributed by atoms with Crippen LogP contribution in [0.5, 0.6) is 5.75 Å². The molecule has 1 N–H and O–H groups in total. The van der Waals surface area contributed by atoms with Crippen molar-refractivity contribution < 1.29 is 13.5 Å². The summed E-state index contributed by atoms with van der Waals surface area (Å²) in [6.45, 7) is 0. The molecule has 0 spiro atoms. The normalized spacial score (nSPS) is 9.00. The summed E-state index contributed by atoms with van der Waals surface area (Å²) in [6, 6.07) is 11.0. The molecule has 5 heteroatoms. The van der Waals surface area contributed by atoms with E-state index in [1.165, 1.54) is 19.2 Å². The van der Waals surface area contributed by atoms with Gasteiger partial charge in [-0.15, -0.1) is 0 Å². The Kier molecular flexibility index (Phi) is 5.79. The molecular formula is C14H11F2NOS. The van der Waals surface area contributed by atoms with E-state index in [0.29, 0.717) is 5.56 Å². The Balaban J connectivity index is 0.000000550. The molecule has 0 fully saturated rings. The monoisotopic (exact) mass is 279 g/mol. The summed E-state index contributed by atoms with van der Waals surface area (Å²) in [5.74, 6) is -1.22. The second kappa shape index (κ2) is 7.36. The number of thiocarbonyl (C=S) groups is 1. The molecule has 2 aromatic rings. The fourth-order valence-electron chi connectivity index (χ4n) is 1.56. The fourth-order valence-corrected chi connectivity index (χ4v) is 1.56. The Morgan fingerprint density at radius 3 is 2.21 bits per heavy atom. The minimum atomic E-state index is -0.672. The molecule has 2 aromatic carbocycles. The predicted molar refractivity (Wildman–Crippen MR) is 73.7 cm³/mol. The molecule has 98 valence electrons. The number of hydrogen-bond acceptors (Lipinski definition) is 3. The zero-order valence-corrected chi connectivity index (χ0v) is 10.9. The van der Waals surface area contributed by atoms with Crippen molar-refractivity contribution in [3.63, 3.8) is 0 Å². The summed E-state index contributed by atoms with van der Waals surface area (Å²) in [4.78, 5) is 0. The Bertz CT molecular complexity index is 581. The van der Waals surface area contributed by atoms with Gasteiger partial charge in [-0.2, -0.15) is 0 Å². The lowest BCUT2D eigenvalue weighted by molar-refractivity contribution is 0.385. The Labute approximate surface area is 115 Å². The van der Waals surface area contributed by atoms with Crippen LogP contribution in [0, 0.1) is 17.0 Å². The number of nitrogens with one attached hydrogen (secondary N) is 1. The number of hydrogen-bond donors (Lipinski definition) is 1. The van der Waals surface area contributed by atoms with E-state index >= 15 is 0 Å². The van der Waals surface area contributed by atoms with Gasteiger partial charge in [-0.1, -0.05) is 30.3 Å². The summed E-state index contributed by atoms with van der Waals surface area (Å²) >= 11 is 3.81. The minimum Gasteiger partial charge on any atom is -0.494 e. The van der Waals surface area contributed by atoms with Crippen LogP contribution in [0.4, 0.5) is 8.78 Å². The van der Waals surface area contributed by atoms with Crippen LogP contribution in [-0.4, -0.2) is 12.3 Å². The van der Waals surface area contributed by atoms with E-state index in [9.17, 15) is 8.78 Å². The van der Waals surface area contributed by atoms with Gasteiger partial charge in [-0.05, 0) is 29.9 Å². The van der Waals surface area contributed by atoms with Crippen LogP contribution in [0.15, 0.2) is 42.5 Å². The lowest BCUT2D eigenvalue weighted by Gasteiger charge is -2.08. The molecule has 0 saturated carbocycles. The number of halogens is 2. The summed E-state index contributed by atoms with van der Waals surface area (Å²) in [5.41, 5.74) is 0.441. The summed E-state index contributed by atoms with van der Waals surface area (Å²) in [7, 11) is 1.35. The molecule has 19 heavy (non-hydrogen) atoms. The van der Waals surface area contributed by atoms with Crippen LogP contribution in [0.1, 0.15) is 0 Å². The number of ether oxygens (including phenoxy) is 1. The zero-order valence-electron chi connectivity index (χ0n) is 10.1. The van der Waals surface area contributed by atoms with E-state index in [0.717, 1.165) is 0 Å². The number of benzene rings is 2. The van der Waals surface area contributed by atoms with Gasteiger partial charge in [0.2, 0.25) is 0 Å². The van der Waals surface area contributed by atoms with E-state index < -0.39 is 11.6 Å². The van der Waals surface area contributed by atoms with Gasteiger partial charge >= 0.3 is 0 Å². The van der Waals surface area contributed by atoms with Gasteiger partial charge in [-0.3, -0.25) is 0 Å². The van der Waals surface area contributed by atoms with Crippen molar-refractivity contribution >= 4 is 17.4 Å². The van der Waals surface area contributed by atoms with E-state index in [1.54, 1.807) is 35.5 Å². The van der Waals surface area contributed by atoms with Gasteiger partial charge in [0, 0.05) is 0 Å². The van der Waals surface area contributed by atoms with Crippen LogP contribution in [-0.2, 0) is 0 Å². The summed E-state index contributed by atoms with van der Waals surface area (Å²) in [6.07, 6.45) is 0. The maximum atomic E-state index is 13.9. The van der Waals surface area contributed by atoms with Gasteiger partial charge in [0.05, 0.1) is 17.8 Å². The van der Waals surface area contributed by atoms with Crippen LogP contribution >= 0.6 is 12.2 Å². The first-order valence-electron chi connectivity index (χ1n) is 5.27. The molecule has 0 aliphatic rings. The third-order valence-electron chi connectivity index (χ3n) is 2.34. The topological polar surface area (TPSA) is 33.1 Å². The van der Waals surface area contributed by atoms with Crippen LogP contribution in [0.25, 0.3) is 11.1 Å². The standard InChI is InChI=1S/C13H10F2O.CHNS/c1-16-11-8-7-10(14)12(13(11)15)9-5-3-2-4-6-9;2-1-3/h2-8H,1H3;2H. The van der Waals surface area contributed by atoms with Crippen molar-refractivity contribution in [2.45, 2.75) is 0 Å². The van der Waals surface area contributed by atoms with Gasteiger partial charge in [0.15, 0.2) is 11.6 Å². The van der Waals surface area contributed by atoms with Gasteiger partial charge in [0.25, 0.3) is 0 Å². The highest BCUT2D eigenvalue weighted by Gasteiger charge is 2.15. The maximum Gasteiger partial charge on any atom is 0.175 e. The van der Waals surface area contributed by atoms with Crippen LogP contribution in [0.2, 0.25) is 0 Å². The molecule has 0 unspecified atom stereocenters. The molecular weight excluding hydrogens is 268 g/mol. The molecule has 2 rings (SSSR count). The lowest BCUT2D eigenvalue weighted by atomic mass is 10.0. The van der Waals surface area contributed by atoms with Crippen molar-refractivity contribution in [3.05, 3.63) is 54.1 Å². The quantitative estimate of drug-likeness (QED) is 0.656. The van der Waals surface area contributed by atoms with E-state index in [1.807, 2.05) is 0 Å². The first kappa shape index (κ1) is 15.0. The number of methoxy groups -OCH3 is 1. The predicted octanol–water partition coefficient (Wildman–Crippen LogP) is 4.31. The lowest BCUT2D eigenvalue weighted by Crippen LogP contribution is -1.94. The van der Waals surface area contributed by atoms with Gasteiger partial charge < -0.3 is 4.74 Å². The summed E-state index contributed by atoms with van der Waals surface area (Å²) in [5, 5.41) is 7.36. The largest absolute Gasteiger partial charge is 0.494 e. The Morgan fingerprint density at radius 2 is 1.68 bits per heavy atom. The molecule has 2 nitrogen and oxygen atoms in total. The Hall–Kier alpha value is -2.10. The van der Waals surface area contributed by atoms with Crippen molar-refractivity contribution in [1.82, 2.24) is 0 Å². The number of rotatable bonds is 2. The highest BCUT2D eigenvalue weighted by Crippen LogP contribution is 2.31. The molecule has 0 heterocycles. The molecule has 0 aromatic heterocycles. The van der Waals surface area contributed by atoms with Crippen LogP contribution < -0.4 is 4.74 Å². The van der Waals surface area contributed by atoms with Crippen molar-refractivity contribution in [2.24, 2.45) is 0 Å². The first-order valence-corrected chi connectivity index (χ1v) is 5.67. The highest BCUT2D eigenvalue weighted by atomic mass is 32.1. The SMILES string of the molecule is COc1ccc(F)c(-c2ccccc2)c1F.N=C=S. The molecule has 0 aliphatic heterocycles. The fraction of sp³-hybridized carbons (Fsp3) is 0.0714. The smallest absolute Gasteiger partial charge is 0.175 e. The Morgan fingerprint density at radius 1 is 1.11 bits per heavy atom. The van der Waals surface area contributed by atoms with Gasteiger partial charge in [-0.25, -0.2) is 14.2 Å². The molecule has 0 atom stereocenters. The minimum absolute atomic E-state index is 0.0419. The maximum absolute atomic E-state index is 13.9. The zero-order chi connectivity index (χ0) is 14.3. The molecule has 0 radical (unpaired) electrons. The first-order chi connectivity index (χ1) is 9.15. The van der Waals surface area contributed by atoms with Crippen molar-refractivity contribution in [3.8, 4) is 16.9 Å². The number of isothiocyanates is 1. The van der Waals surface area contributed by atoms with Crippen molar-refractivity contribution in [2.75, 3.05) is 7.11 Å². The summed E-state index contributed by atoms with van der Waals surface area (Å²) < 4.78 is 32.2. The highest BCUT2D eigenvalue weighted by molar-refractivity contribution is 7.78. The third kappa shape index (κ3) is 3.68. The molecule has 0 bridgehead atoms. The van der Waals surface area contributed by atoms with E-state index in [2.05, 4.69) is 12.2 Å². The van der Waals surface area contributed by atoms with Crippen molar-refractivity contribution in [1.29, 1.82) is 5.41 Å². The van der Waals surface area contributed by atoms with E-state index in [4.69, 9.17) is 10.1 Å². The van der Waals surface area contributed by atoms with Crippen LogP contribution in [0.3, 0.4) is 0 Å². The average molecular weight is 279 g/mol.